The van der Waals surface area contributed by atoms with Crippen molar-refractivity contribution in [3.05, 3.63) is 46.3 Å². The number of hydrogen-bond donors (Lipinski definition) is 1. The number of nitrogens with one attached hydrogen (secondary N) is 1. The van der Waals surface area contributed by atoms with Crippen molar-refractivity contribution in [3.8, 4) is 6.07 Å². The van der Waals surface area contributed by atoms with Gasteiger partial charge in [0.15, 0.2) is 0 Å². The Kier molecular flexibility index (Phi) is 4.21. The molecule has 1 fully saturated rings. The van der Waals surface area contributed by atoms with E-state index in [4.69, 9.17) is 10.00 Å². The van der Waals surface area contributed by atoms with Crippen LogP contribution in [0.1, 0.15) is 18.4 Å². The predicted octanol–water partition coefficient (Wildman–Crippen LogP) is 2.59. The molecule has 1 N–H and O–H groups in total. The zero-order valence-corrected chi connectivity index (χ0v) is 12.3. The average molecular weight is 313 g/mol. The molecule has 118 valence electrons. The predicted molar refractivity (Wildman–Crippen MR) is 82.3 cm³/mol. The maximum Gasteiger partial charge on any atom is 0.293 e. The summed E-state index contributed by atoms with van der Waals surface area (Å²) in [5, 5.41) is 27.2. The molecular formula is C15H15N5O3. The number of benzene rings is 1. The van der Waals surface area contributed by atoms with Crippen LogP contribution in [0.2, 0.25) is 0 Å². The number of ether oxygens (including phenoxy) is 1. The van der Waals surface area contributed by atoms with Crippen molar-refractivity contribution in [1.82, 2.24) is 9.78 Å². The molecule has 0 aliphatic carbocycles. The van der Waals surface area contributed by atoms with Gasteiger partial charge >= 0.3 is 0 Å². The lowest BCUT2D eigenvalue weighted by Gasteiger charge is -2.08. The van der Waals surface area contributed by atoms with Gasteiger partial charge in [0.2, 0.25) is 0 Å². The maximum absolute atomic E-state index is 11.1. The van der Waals surface area contributed by atoms with Crippen molar-refractivity contribution >= 4 is 17.1 Å². The van der Waals surface area contributed by atoms with Crippen LogP contribution in [0.25, 0.3) is 0 Å². The Morgan fingerprint density at radius 1 is 1.57 bits per heavy atom. The summed E-state index contributed by atoms with van der Waals surface area (Å²) in [7, 11) is 0. The first-order valence-electron chi connectivity index (χ1n) is 7.25. The lowest BCUT2D eigenvalue weighted by molar-refractivity contribution is -0.383. The molecule has 1 aliphatic heterocycles. The highest BCUT2D eigenvalue weighted by molar-refractivity contribution is 5.70. The van der Waals surface area contributed by atoms with E-state index in [0.29, 0.717) is 17.9 Å². The van der Waals surface area contributed by atoms with Gasteiger partial charge in [-0.15, -0.1) is 0 Å². The summed E-state index contributed by atoms with van der Waals surface area (Å²) in [6, 6.07) is 6.20. The number of anilines is 2. The van der Waals surface area contributed by atoms with E-state index < -0.39 is 4.92 Å². The SMILES string of the molecule is N#Cc1ccc(Nc2cnn(C[C@@H]3CCCO3)c2)c([N+](=O)[O-])c1. The molecule has 1 aromatic carbocycles. The van der Waals surface area contributed by atoms with Crippen LogP contribution in [0.5, 0.6) is 0 Å². The van der Waals surface area contributed by atoms with Crippen molar-refractivity contribution < 1.29 is 9.66 Å². The maximum atomic E-state index is 11.1. The van der Waals surface area contributed by atoms with Crippen molar-refractivity contribution in [2.45, 2.75) is 25.5 Å². The number of nitro benzene ring substituents is 1. The van der Waals surface area contributed by atoms with E-state index in [0.717, 1.165) is 19.4 Å². The van der Waals surface area contributed by atoms with E-state index >= 15 is 0 Å². The lowest BCUT2D eigenvalue weighted by atomic mass is 10.2. The van der Waals surface area contributed by atoms with Crippen LogP contribution in [-0.2, 0) is 11.3 Å². The molecule has 3 rings (SSSR count). The molecule has 0 bridgehead atoms. The third-order valence-corrected chi connectivity index (χ3v) is 3.65. The molecule has 0 unspecified atom stereocenters. The second-order valence-electron chi connectivity index (χ2n) is 5.31. The Labute approximate surface area is 132 Å². The van der Waals surface area contributed by atoms with Crippen LogP contribution in [-0.4, -0.2) is 27.4 Å². The van der Waals surface area contributed by atoms with E-state index in [1.807, 2.05) is 6.07 Å². The van der Waals surface area contributed by atoms with E-state index in [1.165, 1.54) is 18.2 Å². The number of nitriles is 1. The summed E-state index contributed by atoms with van der Waals surface area (Å²) in [5.41, 5.74) is 1.08. The van der Waals surface area contributed by atoms with Gasteiger partial charge in [-0.2, -0.15) is 10.4 Å². The van der Waals surface area contributed by atoms with Gasteiger partial charge in [-0.05, 0) is 25.0 Å². The molecule has 8 nitrogen and oxygen atoms in total. The van der Waals surface area contributed by atoms with Crippen LogP contribution in [0.4, 0.5) is 17.1 Å². The van der Waals surface area contributed by atoms with Crippen LogP contribution in [0.3, 0.4) is 0 Å². The molecule has 2 aromatic rings. The summed E-state index contributed by atoms with van der Waals surface area (Å²) in [5.74, 6) is 0. The van der Waals surface area contributed by atoms with Crippen molar-refractivity contribution in [1.29, 1.82) is 5.26 Å². The largest absolute Gasteiger partial charge is 0.376 e. The number of nitrogens with zero attached hydrogens (tertiary/aromatic N) is 4. The minimum absolute atomic E-state index is 0.143. The van der Waals surface area contributed by atoms with Crippen LogP contribution < -0.4 is 5.32 Å². The summed E-state index contributed by atoms with van der Waals surface area (Å²) in [6.45, 7) is 1.45. The number of nitro groups is 1. The summed E-state index contributed by atoms with van der Waals surface area (Å²) in [6.07, 6.45) is 5.64. The van der Waals surface area contributed by atoms with Gasteiger partial charge in [-0.1, -0.05) is 0 Å². The highest BCUT2D eigenvalue weighted by atomic mass is 16.6. The summed E-state index contributed by atoms with van der Waals surface area (Å²) in [4.78, 5) is 10.6. The quantitative estimate of drug-likeness (QED) is 0.671. The first kappa shape index (κ1) is 15.0. The highest BCUT2D eigenvalue weighted by Gasteiger charge is 2.18. The van der Waals surface area contributed by atoms with Gasteiger partial charge in [-0.25, -0.2) is 0 Å². The minimum atomic E-state index is -0.514. The zero-order valence-electron chi connectivity index (χ0n) is 12.3. The van der Waals surface area contributed by atoms with Gasteiger partial charge in [0, 0.05) is 18.9 Å². The average Bonchev–Trinajstić information content (AvgIpc) is 3.20. The molecule has 8 heteroatoms. The van der Waals surface area contributed by atoms with Gasteiger partial charge in [0.1, 0.15) is 5.69 Å². The topological polar surface area (TPSA) is 106 Å². The third-order valence-electron chi connectivity index (χ3n) is 3.65. The zero-order chi connectivity index (χ0) is 16.2. The minimum Gasteiger partial charge on any atom is -0.376 e. The van der Waals surface area contributed by atoms with E-state index in [2.05, 4.69) is 10.4 Å². The number of rotatable bonds is 5. The first-order valence-corrected chi connectivity index (χ1v) is 7.25. The standard InChI is InChI=1S/C15H15N5O3/c16-7-11-3-4-14(15(6-11)20(21)22)18-12-8-17-19(9-12)10-13-2-1-5-23-13/h3-4,6,8-9,13,18H,1-2,5,10H2/t13-/m0/s1. The van der Waals surface area contributed by atoms with Crippen LogP contribution in [0, 0.1) is 21.4 Å². The van der Waals surface area contributed by atoms with E-state index in [1.54, 1.807) is 17.1 Å². The van der Waals surface area contributed by atoms with Gasteiger partial charge < -0.3 is 10.1 Å². The molecule has 0 spiro atoms. The lowest BCUT2D eigenvalue weighted by Crippen LogP contribution is -2.15. The Balaban J connectivity index is 1.75. The fourth-order valence-electron chi connectivity index (χ4n) is 2.54. The van der Waals surface area contributed by atoms with Crippen molar-refractivity contribution in [3.63, 3.8) is 0 Å². The number of hydrogen-bond acceptors (Lipinski definition) is 6. The Morgan fingerprint density at radius 2 is 2.43 bits per heavy atom. The third kappa shape index (κ3) is 3.46. The molecule has 0 amide bonds. The van der Waals surface area contributed by atoms with Crippen LogP contribution in [0.15, 0.2) is 30.6 Å². The Hall–Kier alpha value is -2.92. The molecule has 1 saturated heterocycles. The van der Waals surface area contributed by atoms with Gasteiger partial charge in [-0.3, -0.25) is 14.8 Å². The monoisotopic (exact) mass is 313 g/mol. The number of aromatic nitrogens is 2. The molecule has 0 radical (unpaired) electrons. The second kappa shape index (κ2) is 6.46. The molecule has 1 atom stereocenters. The highest BCUT2D eigenvalue weighted by Crippen LogP contribution is 2.28. The van der Waals surface area contributed by atoms with Crippen molar-refractivity contribution in [2.24, 2.45) is 0 Å². The molecule has 1 aliphatic rings. The summed E-state index contributed by atoms with van der Waals surface area (Å²) >= 11 is 0. The molecule has 1 aromatic heterocycles. The smallest absolute Gasteiger partial charge is 0.293 e. The molecular weight excluding hydrogens is 298 g/mol. The Morgan fingerprint density at radius 3 is 3.13 bits per heavy atom. The Bertz CT molecular complexity index is 759. The fourth-order valence-corrected chi connectivity index (χ4v) is 2.54. The molecule has 23 heavy (non-hydrogen) atoms. The molecule has 0 saturated carbocycles. The first-order chi connectivity index (χ1) is 11.2. The normalized spacial score (nSPS) is 16.9. The van der Waals surface area contributed by atoms with E-state index in [-0.39, 0.29) is 17.4 Å². The van der Waals surface area contributed by atoms with Crippen LogP contribution >= 0.6 is 0 Å². The van der Waals surface area contributed by atoms with Gasteiger partial charge in [0.05, 0.1) is 41.1 Å². The molecule has 2 heterocycles. The fraction of sp³-hybridized carbons (Fsp3) is 0.333. The van der Waals surface area contributed by atoms with E-state index in [9.17, 15) is 10.1 Å². The summed E-state index contributed by atoms with van der Waals surface area (Å²) < 4.78 is 7.32. The second-order valence-corrected chi connectivity index (χ2v) is 5.31. The van der Waals surface area contributed by atoms with Gasteiger partial charge in [0.25, 0.3) is 5.69 Å². The van der Waals surface area contributed by atoms with Crippen molar-refractivity contribution in [2.75, 3.05) is 11.9 Å².